The van der Waals surface area contributed by atoms with Crippen molar-refractivity contribution in [3.8, 4) is 0 Å². The predicted octanol–water partition coefficient (Wildman–Crippen LogP) is 6.41. The molecule has 2 aliphatic heterocycles. The Morgan fingerprint density at radius 1 is 0.739 bits per heavy atom. The predicted molar refractivity (Wildman–Crippen MR) is 97.9 cm³/mol. The molecule has 0 aromatic carbocycles. The van der Waals surface area contributed by atoms with E-state index < -0.39 is 0 Å². The fourth-order valence-electron chi connectivity index (χ4n) is 4.79. The lowest BCUT2D eigenvalue weighted by atomic mass is 9.84. The molecule has 1 unspecified atom stereocenters. The fourth-order valence-corrected chi connectivity index (χ4v) is 4.79. The van der Waals surface area contributed by atoms with E-state index >= 15 is 0 Å². The summed E-state index contributed by atoms with van der Waals surface area (Å²) in [6.45, 7) is 9.96. The maximum atomic E-state index is 6.92. The third kappa shape index (κ3) is 4.51. The minimum Gasteiger partial charge on any atom is -0.372 e. The van der Waals surface area contributed by atoms with Gasteiger partial charge in [-0.3, -0.25) is 0 Å². The average Bonchev–Trinajstić information content (AvgIpc) is 3.11. The first-order chi connectivity index (χ1) is 11.1. The molecule has 0 aliphatic carbocycles. The van der Waals surface area contributed by atoms with Crippen molar-refractivity contribution < 1.29 is 9.47 Å². The summed E-state index contributed by atoms with van der Waals surface area (Å²) >= 11 is 0. The third-order valence-corrected chi connectivity index (χ3v) is 6.52. The molecule has 0 amide bonds. The van der Waals surface area contributed by atoms with Crippen LogP contribution in [0.1, 0.15) is 111 Å². The molecule has 1 atom stereocenters. The lowest BCUT2D eigenvalue weighted by molar-refractivity contribution is -0.114. The van der Waals surface area contributed by atoms with Crippen molar-refractivity contribution >= 4 is 0 Å². The normalized spacial score (nSPS) is 28.7. The van der Waals surface area contributed by atoms with Crippen LogP contribution < -0.4 is 0 Å². The Labute approximate surface area is 144 Å². The minimum atomic E-state index is 0.0322. The molecule has 2 saturated heterocycles. The molecule has 23 heavy (non-hydrogen) atoms. The second kappa shape index (κ2) is 8.34. The molecule has 2 fully saturated rings. The molecule has 2 heteroatoms. The van der Waals surface area contributed by atoms with Crippen LogP contribution in [0.3, 0.4) is 0 Å². The smallest absolute Gasteiger partial charge is 0.0951 e. The van der Waals surface area contributed by atoms with Crippen molar-refractivity contribution in [1.29, 1.82) is 0 Å². The van der Waals surface area contributed by atoms with E-state index in [2.05, 4.69) is 27.7 Å². The van der Waals surface area contributed by atoms with E-state index in [1.807, 2.05) is 0 Å². The number of unbranched alkanes of at least 4 members (excludes halogenated alkanes) is 4. The third-order valence-electron chi connectivity index (χ3n) is 6.52. The summed E-state index contributed by atoms with van der Waals surface area (Å²) in [6.07, 6.45) is 16.3. The highest BCUT2D eigenvalue weighted by atomic mass is 16.6. The number of hydrogen-bond acceptors (Lipinski definition) is 2. The Bertz CT molecular complexity index is 338. The first-order valence-electron chi connectivity index (χ1n) is 10.4. The van der Waals surface area contributed by atoms with Crippen LogP contribution in [0.4, 0.5) is 0 Å². The maximum Gasteiger partial charge on any atom is 0.0951 e. The molecule has 0 N–H and O–H groups in total. The second-order valence-corrected chi connectivity index (χ2v) is 8.24. The SMILES string of the molecule is CCCCCC1(CCCCC)CCC2(COC(CC)(CC)C2)O1. The summed E-state index contributed by atoms with van der Waals surface area (Å²) in [5, 5.41) is 0. The highest BCUT2D eigenvalue weighted by Gasteiger charge is 2.56. The fraction of sp³-hybridized carbons (Fsp3) is 1.00. The van der Waals surface area contributed by atoms with Gasteiger partial charge in [-0.25, -0.2) is 0 Å². The largest absolute Gasteiger partial charge is 0.372 e. The standard InChI is InChI=1S/C21H40O2/c1-5-9-11-13-20(14-12-10-6-2)15-16-21(23-20)17-19(7-3,8-4)22-18-21/h5-18H2,1-4H3. The van der Waals surface area contributed by atoms with Crippen LogP contribution in [0, 0.1) is 0 Å². The molecule has 0 aromatic heterocycles. The van der Waals surface area contributed by atoms with Crippen molar-refractivity contribution in [3.63, 3.8) is 0 Å². The van der Waals surface area contributed by atoms with Crippen molar-refractivity contribution in [1.82, 2.24) is 0 Å². The number of ether oxygens (including phenoxy) is 2. The summed E-state index contributed by atoms with van der Waals surface area (Å²) < 4.78 is 13.2. The van der Waals surface area contributed by atoms with Gasteiger partial charge >= 0.3 is 0 Å². The maximum absolute atomic E-state index is 6.92. The van der Waals surface area contributed by atoms with Crippen LogP contribution in [0.25, 0.3) is 0 Å². The number of hydrogen-bond donors (Lipinski definition) is 0. The van der Waals surface area contributed by atoms with Gasteiger partial charge < -0.3 is 9.47 Å². The molecular weight excluding hydrogens is 284 g/mol. The molecule has 0 radical (unpaired) electrons. The Balaban J connectivity index is 2.01. The summed E-state index contributed by atoms with van der Waals surface area (Å²) in [7, 11) is 0. The van der Waals surface area contributed by atoms with Crippen LogP contribution in [-0.4, -0.2) is 23.4 Å². The van der Waals surface area contributed by atoms with Gasteiger partial charge in [0.15, 0.2) is 0 Å². The number of rotatable bonds is 10. The molecule has 0 bridgehead atoms. The zero-order valence-corrected chi connectivity index (χ0v) is 16.2. The van der Waals surface area contributed by atoms with Gasteiger partial charge in [-0.05, 0) is 38.5 Å². The first-order valence-corrected chi connectivity index (χ1v) is 10.4. The lowest BCUT2D eigenvalue weighted by Gasteiger charge is -2.34. The van der Waals surface area contributed by atoms with Crippen molar-refractivity contribution in [3.05, 3.63) is 0 Å². The van der Waals surface area contributed by atoms with E-state index in [0.29, 0.717) is 0 Å². The van der Waals surface area contributed by atoms with Gasteiger partial charge in [0.05, 0.1) is 23.4 Å². The van der Waals surface area contributed by atoms with Gasteiger partial charge in [0, 0.05) is 6.42 Å². The molecule has 2 aliphatic rings. The lowest BCUT2D eigenvalue weighted by Crippen LogP contribution is -2.37. The Kier molecular flexibility index (Phi) is 6.98. The quantitative estimate of drug-likeness (QED) is 0.432. The summed E-state index contributed by atoms with van der Waals surface area (Å²) in [6, 6.07) is 0. The summed E-state index contributed by atoms with van der Waals surface area (Å²) in [5.41, 5.74) is 0.276. The summed E-state index contributed by atoms with van der Waals surface area (Å²) in [5.74, 6) is 0. The molecule has 1 spiro atoms. The van der Waals surface area contributed by atoms with Gasteiger partial charge in [-0.2, -0.15) is 0 Å². The molecule has 0 aromatic rings. The molecule has 136 valence electrons. The molecule has 2 heterocycles. The van der Waals surface area contributed by atoms with E-state index in [-0.39, 0.29) is 16.8 Å². The molecule has 2 nitrogen and oxygen atoms in total. The molecular formula is C21H40O2. The van der Waals surface area contributed by atoms with Crippen molar-refractivity contribution in [2.45, 2.75) is 128 Å². The van der Waals surface area contributed by atoms with Crippen LogP contribution in [0.5, 0.6) is 0 Å². The molecule has 2 rings (SSSR count). The van der Waals surface area contributed by atoms with Gasteiger partial charge in [-0.15, -0.1) is 0 Å². The second-order valence-electron chi connectivity index (χ2n) is 8.24. The van der Waals surface area contributed by atoms with E-state index in [1.54, 1.807) is 0 Å². The monoisotopic (exact) mass is 324 g/mol. The highest BCUT2D eigenvalue weighted by molar-refractivity contribution is 5.05. The Hall–Kier alpha value is -0.0800. The van der Waals surface area contributed by atoms with Crippen LogP contribution in [0.15, 0.2) is 0 Å². The Morgan fingerprint density at radius 3 is 1.83 bits per heavy atom. The van der Waals surface area contributed by atoms with Crippen LogP contribution in [0.2, 0.25) is 0 Å². The zero-order valence-electron chi connectivity index (χ0n) is 16.2. The average molecular weight is 325 g/mol. The van der Waals surface area contributed by atoms with E-state index in [4.69, 9.17) is 9.47 Å². The van der Waals surface area contributed by atoms with E-state index in [0.717, 1.165) is 25.9 Å². The first kappa shape index (κ1) is 19.2. The van der Waals surface area contributed by atoms with E-state index in [9.17, 15) is 0 Å². The molecule has 0 saturated carbocycles. The van der Waals surface area contributed by atoms with E-state index in [1.165, 1.54) is 64.2 Å². The van der Waals surface area contributed by atoms with Crippen LogP contribution >= 0.6 is 0 Å². The van der Waals surface area contributed by atoms with Gasteiger partial charge in [-0.1, -0.05) is 66.2 Å². The van der Waals surface area contributed by atoms with Crippen LogP contribution in [-0.2, 0) is 9.47 Å². The topological polar surface area (TPSA) is 18.5 Å². The zero-order chi connectivity index (χ0) is 16.8. The minimum absolute atomic E-state index is 0.0322. The van der Waals surface area contributed by atoms with Gasteiger partial charge in [0.1, 0.15) is 0 Å². The highest BCUT2D eigenvalue weighted by Crippen LogP contribution is 2.52. The van der Waals surface area contributed by atoms with Crippen molar-refractivity contribution in [2.75, 3.05) is 6.61 Å². The Morgan fingerprint density at radius 2 is 1.35 bits per heavy atom. The van der Waals surface area contributed by atoms with Gasteiger partial charge in [0.25, 0.3) is 0 Å². The van der Waals surface area contributed by atoms with Crippen molar-refractivity contribution in [2.24, 2.45) is 0 Å². The summed E-state index contributed by atoms with van der Waals surface area (Å²) in [4.78, 5) is 0. The van der Waals surface area contributed by atoms with Gasteiger partial charge in [0.2, 0.25) is 0 Å².